The zero-order valence-electron chi connectivity index (χ0n) is 17.7. The van der Waals surface area contributed by atoms with E-state index in [9.17, 15) is 18.3 Å². The smallest absolute Gasteiger partial charge is 0.407 e. The van der Waals surface area contributed by atoms with Gasteiger partial charge >= 0.3 is 6.09 Å². The molecule has 2 N–H and O–H groups in total. The molecule has 0 aliphatic carbocycles. The molecule has 1 amide bonds. The first-order valence-electron chi connectivity index (χ1n) is 10.1. The van der Waals surface area contributed by atoms with E-state index in [4.69, 9.17) is 4.74 Å². The van der Waals surface area contributed by atoms with Gasteiger partial charge in [-0.1, -0.05) is 0 Å². The van der Waals surface area contributed by atoms with E-state index < -0.39 is 15.9 Å². The van der Waals surface area contributed by atoms with Gasteiger partial charge in [-0.3, -0.25) is 0 Å². The molecule has 0 saturated carbocycles. The minimum atomic E-state index is -3.29. The van der Waals surface area contributed by atoms with E-state index in [1.807, 2.05) is 6.92 Å². The Morgan fingerprint density at radius 2 is 2.06 bits per heavy atom. The van der Waals surface area contributed by atoms with Gasteiger partial charge in [0.05, 0.1) is 28.9 Å². The number of ether oxygens (including phenoxy) is 1. The number of benzene rings is 1. The molecule has 1 aliphatic heterocycles. The van der Waals surface area contributed by atoms with Gasteiger partial charge in [-0.15, -0.1) is 0 Å². The van der Waals surface area contributed by atoms with Crippen LogP contribution in [0.1, 0.15) is 13.3 Å². The molecular weight excluding hydrogens is 436 g/mol. The molecular formula is C20H24N6O5S. The van der Waals surface area contributed by atoms with E-state index in [0.717, 1.165) is 6.26 Å². The molecule has 2 atom stereocenters. The van der Waals surface area contributed by atoms with Crippen LogP contribution in [0.15, 0.2) is 41.7 Å². The number of nitrogens with zero attached hydrogens (tertiary/aromatic N) is 5. The molecule has 4 rings (SSSR count). The van der Waals surface area contributed by atoms with Gasteiger partial charge in [-0.05, 0) is 31.2 Å². The Bertz CT molecular complexity index is 1230. The third-order valence-electron chi connectivity index (χ3n) is 5.35. The molecule has 0 bridgehead atoms. The Morgan fingerprint density at radius 1 is 1.31 bits per heavy atom. The first-order valence-corrected chi connectivity index (χ1v) is 12.0. The number of hydrogen-bond acceptors (Lipinski definition) is 8. The second-order valence-electron chi connectivity index (χ2n) is 7.74. The zero-order valence-corrected chi connectivity index (χ0v) is 18.5. The SMILES string of the molecule is CC(CC1CNCCN1C(=O)O)Oc1ncnc2c1cnn2-c1ccc(S(C)(=O)=O)cc1. The zero-order chi connectivity index (χ0) is 22.9. The molecule has 0 spiro atoms. The van der Waals surface area contributed by atoms with Crippen molar-refractivity contribution >= 4 is 27.0 Å². The van der Waals surface area contributed by atoms with Crippen LogP contribution in [-0.2, 0) is 9.84 Å². The number of hydrogen-bond donors (Lipinski definition) is 2. The second-order valence-corrected chi connectivity index (χ2v) is 9.75. The largest absolute Gasteiger partial charge is 0.474 e. The van der Waals surface area contributed by atoms with Crippen LogP contribution in [-0.4, -0.2) is 82.3 Å². The molecule has 0 radical (unpaired) electrons. The number of carbonyl (C=O) groups is 1. The summed E-state index contributed by atoms with van der Waals surface area (Å²) in [6.07, 6.45) is 3.40. The summed E-state index contributed by atoms with van der Waals surface area (Å²) in [5.41, 5.74) is 1.16. The first-order chi connectivity index (χ1) is 15.2. The van der Waals surface area contributed by atoms with Gasteiger partial charge in [-0.25, -0.2) is 27.9 Å². The quantitative estimate of drug-likeness (QED) is 0.557. The number of fused-ring (bicyclic) bond motifs is 1. The molecule has 11 nitrogen and oxygen atoms in total. The maximum absolute atomic E-state index is 11.7. The second kappa shape index (κ2) is 8.71. The number of piperazine rings is 1. The van der Waals surface area contributed by atoms with Crippen LogP contribution in [0.2, 0.25) is 0 Å². The normalized spacial score (nSPS) is 17.9. The van der Waals surface area contributed by atoms with Gasteiger partial charge in [0.1, 0.15) is 11.7 Å². The number of sulfone groups is 1. The van der Waals surface area contributed by atoms with Gasteiger partial charge in [0.15, 0.2) is 15.5 Å². The Morgan fingerprint density at radius 3 is 2.75 bits per heavy atom. The fourth-order valence-corrected chi connectivity index (χ4v) is 4.42. The van der Waals surface area contributed by atoms with Gasteiger partial charge in [0.2, 0.25) is 5.88 Å². The van der Waals surface area contributed by atoms with E-state index in [1.54, 1.807) is 23.0 Å². The van der Waals surface area contributed by atoms with Crippen molar-refractivity contribution in [2.45, 2.75) is 30.4 Å². The molecule has 2 aromatic heterocycles. The van der Waals surface area contributed by atoms with Crippen molar-refractivity contribution < 1.29 is 23.1 Å². The predicted molar refractivity (Wildman–Crippen MR) is 116 cm³/mol. The molecule has 1 aromatic carbocycles. The third-order valence-corrected chi connectivity index (χ3v) is 6.48. The van der Waals surface area contributed by atoms with Crippen molar-refractivity contribution in [3.8, 4) is 11.6 Å². The molecule has 3 heterocycles. The van der Waals surface area contributed by atoms with Crippen LogP contribution in [0.3, 0.4) is 0 Å². The fourth-order valence-electron chi connectivity index (χ4n) is 3.79. The van der Waals surface area contributed by atoms with Crippen molar-refractivity contribution in [1.29, 1.82) is 0 Å². The monoisotopic (exact) mass is 460 g/mol. The number of carboxylic acid groups (broad SMARTS) is 1. The highest BCUT2D eigenvalue weighted by atomic mass is 32.2. The molecule has 3 aromatic rings. The predicted octanol–water partition coefficient (Wildman–Crippen LogP) is 1.33. The highest BCUT2D eigenvalue weighted by Gasteiger charge is 2.28. The average molecular weight is 461 g/mol. The van der Waals surface area contributed by atoms with Crippen molar-refractivity contribution in [1.82, 2.24) is 30.0 Å². The molecule has 1 aliphatic rings. The highest BCUT2D eigenvalue weighted by molar-refractivity contribution is 7.90. The third kappa shape index (κ3) is 4.50. The lowest BCUT2D eigenvalue weighted by Gasteiger charge is -2.35. The summed E-state index contributed by atoms with van der Waals surface area (Å²) in [5.74, 6) is 0.354. The first kappa shape index (κ1) is 22.0. The topological polar surface area (TPSA) is 140 Å². The lowest BCUT2D eigenvalue weighted by Crippen LogP contribution is -2.54. The van der Waals surface area contributed by atoms with Gasteiger partial charge in [0.25, 0.3) is 0 Å². The summed E-state index contributed by atoms with van der Waals surface area (Å²) < 4.78 is 31.0. The number of aromatic nitrogens is 4. The van der Waals surface area contributed by atoms with Crippen molar-refractivity contribution in [2.24, 2.45) is 0 Å². The minimum Gasteiger partial charge on any atom is -0.474 e. The maximum atomic E-state index is 11.7. The lowest BCUT2D eigenvalue weighted by molar-refractivity contribution is 0.0890. The van der Waals surface area contributed by atoms with Crippen LogP contribution in [0.25, 0.3) is 16.7 Å². The number of nitrogens with one attached hydrogen (secondary N) is 1. The highest BCUT2D eigenvalue weighted by Crippen LogP contribution is 2.25. The lowest BCUT2D eigenvalue weighted by atomic mass is 10.1. The summed E-state index contributed by atoms with van der Waals surface area (Å²) in [7, 11) is -3.29. The van der Waals surface area contributed by atoms with Crippen molar-refractivity contribution in [2.75, 3.05) is 25.9 Å². The van der Waals surface area contributed by atoms with E-state index in [1.165, 1.54) is 23.4 Å². The van der Waals surface area contributed by atoms with Crippen molar-refractivity contribution in [3.63, 3.8) is 0 Å². The van der Waals surface area contributed by atoms with Crippen LogP contribution in [0.5, 0.6) is 5.88 Å². The summed E-state index contributed by atoms with van der Waals surface area (Å²) in [5, 5.41) is 17.6. The molecule has 2 unspecified atom stereocenters. The van der Waals surface area contributed by atoms with Crippen molar-refractivity contribution in [3.05, 3.63) is 36.8 Å². The van der Waals surface area contributed by atoms with Gasteiger partial charge in [-0.2, -0.15) is 5.10 Å². The standard InChI is InChI=1S/C20H24N6O5S/c1-13(9-15-10-21-7-8-25(15)20(27)28)31-19-17-11-24-26(18(17)22-12-23-19)14-3-5-16(6-4-14)32(2,29)30/h3-6,11-13,15,21H,7-10H2,1-2H3,(H,27,28). The molecule has 170 valence electrons. The Balaban J connectivity index is 1.55. The molecule has 32 heavy (non-hydrogen) atoms. The van der Waals surface area contributed by atoms with Crippen LogP contribution >= 0.6 is 0 Å². The van der Waals surface area contributed by atoms with Gasteiger partial charge < -0.3 is 20.1 Å². The van der Waals surface area contributed by atoms with Crippen LogP contribution in [0, 0.1) is 0 Å². The average Bonchev–Trinajstić information content (AvgIpc) is 3.18. The number of rotatable bonds is 6. The molecule has 1 fully saturated rings. The fraction of sp³-hybridized carbons (Fsp3) is 0.400. The Kier molecular flexibility index (Phi) is 5.98. The Hall–Kier alpha value is -3.25. The van der Waals surface area contributed by atoms with Crippen LogP contribution in [0.4, 0.5) is 4.79 Å². The van der Waals surface area contributed by atoms with E-state index >= 15 is 0 Å². The Labute approximate surface area is 184 Å². The molecule has 1 saturated heterocycles. The number of amides is 1. The summed E-state index contributed by atoms with van der Waals surface area (Å²) in [4.78, 5) is 21.7. The minimum absolute atomic E-state index is 0.190. The van der Waals surface area contributed by atoms with Crippen LogP contribution < -0.4 is 10.1 Å². The summed E-state index contributed by atoms with van der Waals surface area (Å²) in [6, 6.07) is 6.16. The van der Waals surface area contributed by atoms with E-state index in [-0.39, 0.29) is 17.0 Å². The summed E-state index contributed by atoms with van der Waals surface area (Å²) >= 11 is 0. The maximum Gasteiger partial charge on any atom is 0.407 e. The van der Waals surface area contributed by atoms with E-state index in [2.05, 4.69) is 20.4 Å². The van der Waals surface area contributed by atoms with Gasteiger partial charge in [0, 0.05) is 32.3 Å². The molecule has 12 heteroatoms. The summed E-state index contributed by atoms with van der Waals surface area (Å²) in [6.45, 7) is 3.52. The van der Waals surface area contributed by atoms with E-state index in [0.29, 0.717) is 48.7 Å².